The zero-order chi connectivity index (χ0) is 42.9. The number of hydrogen-bond donors (Lipinski definition) is 0. The van der Waals surface area contributed by atoms with E-state index in [-0.39, 0.29) is 5.41 Å². The van der Waals surface area contributed by atoms with Gasteiger partial charge in [0, 0.05) is 23.0 Å². The number of rotatable bonds is 10. The normalized spacial score (nSPS) is 22.8. The first kappa shape index (κ1) is 44.9. The van der Waals surface area contributed by atoms with Crippen LogP contribution in [0.25, 0.3) is 11.1 Å². The lowest BCUT2D eigenvalue weighted by molar-refractivity contribution is -0.0479. The predicted octanol–water partition coefficient (Wildman–Crippen LogP) is 15.1. The van der Waals surface area contributed by atoms with Crippen LogP contribution in [0.2, 0.25) is 58.9 Å². The molecule has 4 bridgehead atoms. The summed E-state index contributed by atoms with van der Waals surface area (Å²) in [7, 11) is -8.20. The molecule has 5 heteroatoms. The van der Waals surface area contributed by atoms with Gasteiger partial charge in [-0.2, -0.15) is 0 Å². The van der Waals surface area contributed by atoms with Crippen LogP contribution in [0.15, 0.2) is 47.9 Å². The minimum absolute atomic E-state index is 0.128. The monoisotopic (exact) mass is 843 g/mol. The Morgan fingerprint density at radius 1 is 0.586 bits per heavy atom. The molecule has 4 fully saturated rings. The maximum atomic E-state index is 7.79. The fourth-order valence-corrected chi connectivity index (χ4v) is 52.2. The number of allylic oxidation sites excluding steroid dienone is 3. The summed E-state index contributed by atoms with van der Waals surface area (Å²) in [6.07, 6.45) is 9.10. The number of hydrogen-bond acceptors (Lipinski definition) is 1. The third kappa shape index (κ3) is 8.88. The third-order valence-electron chi connectivity index (χ3n) is 14.4. The van der Waals surface area contributed by atoms with E-state index in [4.69, 9.17) is 4.43 Å². The largest absolute Gasteiger partial charge is 0.547 e. The Bertz CT molecular complexity index is 2100. The molecule has 0 aliphatic heterocycles. The molecule has 0 radical (unpaired) electrons. The molecule has 0 spiro atoms. The van der Waals surface area contributed by atoms with E-state index in [1.54, 1.807) is 0 Å². The van der Waals surface area contributed by atoms with Crippen molar-refractivity contribution in [2.24, 2.45) is 23.2 Å². The zero-order valence-corrected chi connectivity index (χ0v) is 44.1. The van der Waals surface area contributed by atoms with Crippen LogP contribution >= 0.6 is 0 Å². The van der Waals surface area contributed by atoms with Gasteiger partial charge in [-0.1, -0.05) is 104 Å². The fraction of sp³-hybridized carbons (Fsp3) is 0.547. The van der Waals surface area contributed by atoms with E-state index >= 15 is 0 Å². The first-order chi connectivity index (χ1) is 26.7. The van der Waals surface area contributed by atoms with E-state index in [1.807, 2.05) is 0 Å². The predicted molar refractivity (Wildman–Crippen MR) is 266 cm³/mol. The van der Waals surface area contributed by atoms with Crippen molar-refractivity contribution in [1.29, 1.82) is 0 Å². The highest BCUT2D eigenvalue weighted by molar-refractivity contribution is 7.73. The first-order valence-electron chi connectivity index (χ1n) is 22.6. The quantitative estimate of drug-likeness (QED) is 0.112. The minimum Gasteiger partial charge on any atom is -0.547 e. The van der Waals surface area contributed by atoms with E-state index in [2.05, 4.69) is 175 Å². The molecule has 4 saturated carbocycles. The average molecular weight is 844 g/mol. The van der Waals surface area contributed by atoms with E-state index in [1.165, 1.54) is 122 Å². The lowest BCUT2D eigenvalue weighted by atomic mass is 9.48. The molecule has 0 saturated heterocycles. The van der Waals surface area contributed by atoms with Gasteiger partial charge >= 0.3 is 0 Å². The van der Waals surface area contributed by atoms with Crippen LogP contribution < -0.4 is 0 Å². The lowest BCUT2D eigenvalue weighted by Gasteiger charge is -2.58. The molecule has 0 amide bonds. The smallest absolute Gasteiger partial charge is 0.241 e. The summed E-state index contributed by atoms with van der Waals surface area (Å²) in [5.41, 5.74) is 26.9. The molecule has 0 atom stereocenters. The van der Waals surface area contributed by atoms with Gasteiger partial charge in [0.15, 0.2) is 0 Å². The Morgan fingerprint density at radius 2 is 0.966 bits per heavy atom. The second kappa shape index (κ2) is 16.0. The van der Waals surface area contributed by atoms with Gasteiger partial charge in [0.05, 0.1) is 20.9 Å². The number of aryl methyl sites for hydroxylation is 9. The van der Waals surface area contributed by atoms with Crippen LogP contribution in [0.3, 0.4) is 0 Å². The van der Waals surface area contributed by atoms with Gasteiger partial charge in [-0.15, -0.1) is 5.54 Å². The average Bonchev–Trinajstić information content (AvgIpc) is 3.02. The summed E-state index contributed by atoms with van der Waals surface area (Å²) in [6.45, 7) is 44.1. The van der Waals surface area contributed by atoms with E-state index in [9.17, 15) is 0 Å². The van der Waals surface area contributed by atoms with Crippen molar-refractivity contribution >= 4 is 41.8 Å². The second-order valence-corrected chi connectivity index (χ2v) is 53.8. The van der Waals surface area contributed by atoms with Crippen molar-refractivity contribution in [3.05, 3.63) is 115 Å². The van der Waals surface area contributed by atoms with Gasteiger partial charge in [0.1, 0.15) is 7.11 Å². The fourth-order valence-electron chi connectivity index (χ4n) is 13.0. The number of benzene rings is 3. The molecule has 7 rings (SSSR count). The van der Waals surface area contributed by atoms with Gasteiger partial charge < -0.3 is 4.43 Å². The van der Waals surface area contributed by atoms with Crippen LogP contribution in [0.4, 0.5) is 0 Å². The molecule has 4 aliphatic rings. The van der Waals surface area contributed by atoms with Crippen LogP contribution in [0.1, 0.15) is 112 Å². The standard InChI is InChI=1S/C53H78OSi4/c1-35-21-38(4)48(39(5)22-35)19-20-58(56(13,14)15,57(16,17)18)34-47(50-40(6)23-36(2)24-41(50)7)30-49(51-42(8)25-37(3)26-43(51)9)52(54-55(10,11)12)53-31-44-27-45(32-53)29-46(28-44)33-53/h21-26,34,44-46H,27-33H2,1-18H3/b47-34+,52-49-. The highest BCUT2D eigenvalue weighted by Crippen LogP contribution is 2.64. The highest BCUT2D eigenvalue weighted by atomic mass is 29.6. The molecule has 58 heavy (non-hydrogen) atoms. The van der Waals surface area contributed by atoms with Gasteiger partial charge in [0.2, 0.25) is 8.32 Å². The Kier molecular flexibility index (Phi) is 12.4. The van der Waals surface area contributed by atoms with Gasteiger partial charge in [-0.3, -0.25) is 0 Å². The molecule has 1 nitrogen and oxygen atoms in total. The summed E-state index contributed by atoms with van der Waals surface area (Å²) < 4.78 is 7.79. The topological polar surface area (TPSA) is 9.23 Å². The van der Waals surface area contributed by atoms with Crippen LogP contribution in [0, 0.1) is 96.9 Å². The summed E-state index contributed by atoms with van der Waals surface area (Å²) in [5.74, 6) is 7.94. The highest BCUT2D eigenvalue weighted by Gasteiger charge is 2.56. The van der Waals surface area contributed by atoms with Crippen molar-refractivity contribution in [2.45, 2.75) is 166 Å². The maximum absolute atomic E-state index is 7.79. The first-order valence-corrected chi connectivity index (χ1v) is 37.1. The van der Waals surface area contributed by atoms with E-state index < -0.39 is 30.6 Å². The molecule has 4 aliphatic carbocycles. The van der Waals surface area contributed by atoms with Gasteiger partial charge in [0.25, 0.3) is 0 Å². The molecule has 0 N–H and O–H groups in total. The SMILES string of the molecule is Cc1cc(C)c(C#C[Si](/C=C(\C/C(=C(/O[Si](C)(C)C)C23CC4CC(CC(C4)C2)C3)c2c(C)cc(C)cc2C)c2c(C)cc(C)cc2C)([Si](C)(C)C)[Si](C)(C)C)c(C)c1. The molecule has 312 valence electrons. The third-order valence-corrected chi connectivity index (χ3v) is 50.5. The van der Waals surface area contributed by atoms with Crippen molar-refractivity contribution in [3.63, 3.8) is 0 Å². The van der Waals surface area contributed by atoms with Gasteiger partial charge in [-0.25, -0.2) is 0 Å². The van der Waals surface area contributed by atoms with Crippen molar-refractivity contribution in [3.8, 4) is 11.5 Å². The Balaban J connectivity index is 1.76. The van der Waals surface area contributed by atoms with Gasteiger partial charge in [-0.05, 0) is 188 Å². The van der Waals surface area contributed by atoms with Crippen LogP contribution in [0.5, 0.6) is 0 Å². The molecule has 3 aromatic rings. The Hall–Kier alpha value is -2.63. The molecular weight excluding hydrogens is 765 g/mol. The lowest BCUT2D eigenvalue weighted by Crippen LogP contribution is -2.70. The zero-order valence-electron chi connectivity index (χ0n) is 40.1. The molecule has 0 unspecified atom stereocenters. The summed E-state index contributed by atoms with van der Waals surface area (Å²) in [5, 5.41) is 0. The summed E-state index contributed by atoms with van der Waals surface area (Å²) >= 11 is 0. The summed E-state index contributed by atoms with van der Waals surface area (Å²) in [6, 6.07) is 14.4. The molecule has 3 aromatic carbocycles. The van der Waals surface area contributed by atoms with E-state index in [0.717, 1.165) is 24.2 Å². The molecule has 0 heterocycles. The second-order valence-electron chi connectivity index (χ2n) is 22.9. The summed E-state index contributed by atoms with van der Waals surface area (Å²) in [4.78, 5) is 0. The molecule has 0 aromatic heterocycles. The van der Waals surface area contributed by atoms with Crippen molar-refractivity contribution in [2.75, 3.05) is 0 Å². The van der Waals surface area contributed by atoms with Crippen molar-refractivity contribution < 1.29 is 4.43 Å². The maximum Gasteiger partial charge on any atom is 0.241 e. The van der Waals surface area contributed by atoms with Crippen LogP contribution in [-0.4, -0.2) is 30.6 Å². The molecular formula is C53H78OSi4. The Morgan fingerprint density at radius 3 is 1.34 bits per heavy atom. The van der Waals surface area contributed by atoms with Crippen molar-refractivity contribution in [1.82, 2.24) is 0 Å². The minimum atomic E-state index is -2.40. The van der Waals surface area contributed by atoms with Crippen LogP contribution in [-0.2, 0) is 4.43 Å². The Labute approximate surface area is 359 Å². The van der Waals surface area contributed by atoms with E-state index in [0.29, 0.717) is 0 Å².